The van der Waals surface area contributed by atoms with E-state index in [0.717, 1.165) is 11.1 Å². The molecule has 10 heteroatoms. The summed E-state index contributed by atoms with van der Waals surface area (Å²) in [5.41, 5.74) is 3.13. The van der Waals surface area contributed by atoms with E-state index in [0.29, 0.717) is 16.9 Å². The Bertz CT molecular complexity index is 1290. The molecule has 2 N–H and O–H groups in total. The van der Waals surface area contributed by atoms with E-state index in [4.69, 9.17) is 0 Å². The topological polar surface area (TPSA) is 110 Å². The van der Waals surface area contributed by atoms with Crippen LogP contribution in [0, 0.1) is 25.3 Å². The number of β-amino-alcohol motifs (C(OH)–C–C–N with tert-alkyl or cyclic N) is 1. The highest BCUT2D eigenvalue weighted by Gasteiger charge is 2.44. The van der Waals surface area contributed by atoms with E-state index in [-0.39, 0.29) is 44.1 Å². The molecule has 0 radical (unpaired) electrons. The van der Waals surface area contributed by atoms with Crippen LogP contribution in [0.4, 0.5) is 14.5 Å². The molecule has 1 aliphatic heterocycles. The van der Waals surface area contributed by atoms with E-state index in [1.165, 1.54) is 9.80 Å². The average Bonchev–Trinajstić information content (AvgIpc) is 3.29. The van der Waals surface area contributed by atoms with Crippen LogP contribution in [0.25, 0.3) is 0 Å². The largest absolute Gasteiger partial charge is 0.391 e. The van der Waals surface area contributed by atoms with Gasteiger partial charge in [0, 0.05) is 48.4 Å². The minimum atomic E-state index is -2.75. The first kappa shape index (κ1) is 30.4. The molecule has 2 heterocycles. The number of halogens is 2. The van der Waals surface area contributed by atoms with Gasteiger partial charge in [0.1, 0.15) is 12.1 Å². The van der Waals surface area contributed by atoms with Gasteiger partial charge < -0.3 is 10.4 Å². The SMILES string of the molecule is Cc1ccnc(C)c1C(C(=O)NC1CCC(F)(F)CC1)N(C(=O)C1CC(O)CN1C#N)c1ccc(C(C)(C)C)cc1. The summed E-state index contributed by atoms with van der Waals surface area (Å²) in [6.07, 6.45) is 2.42. The van der Waals surface area contributed by atoms with Gasteiger partial charge in [0.2, 0.25) is 11.8 Å². The number of likely N-dealkylation sites (tertiary alicyclic amines) is 1. The van der Waals surface area contributed by atoms with Gasteiger partial charge in [-0.2, -0.15) is 5.26 Å². The van der Waals surface area contributed by atoms with Crippen LogP contribution in [-0.4, -0.2) is 57.5 Å². The molecule has 2 aliphatic rings. The molecule has 1 saturated carbocycles. The van der Waals surface area contributed by atoms with Crippen molar-refractivity contribution in [1.82, 2.24) is 15.2 Å². The van der Waals surface area contributed by atoms with E-state index < -0.39 is 42.0 Å². The summed E-state index contributed by atoms with van der Waals surface area (Å²) in [6.45, 7) is 9.82. The fraction of sp³-hybridized carbons (Fsp3) is 0.548. The lowest BCUT2D eigenvalue weighted by atomic mass is 9.87. The number of amides is 2. The molecule has 2 fully saturated rings. The summed E-state index contributed by atoms with van der Waals surface area (Å²) >= 11 is 0. The monoisotopic (exact) mass is 567 g/mol. The standard InChI is InChI=1S/C31H39F2N5O3/c1-19-12-15-35-20(2)26(19)27(28(40)36-22-10-13-31(32,33)14-11-22)38(23-8-6-21(7-9-23)30(3,4)5)29(41)25-16-24(39)17-37(25)18-34/h6-9,12,15,22,24-25,27,39H,10-11,13-14,16-17H2,1-5H3,(H,36,40). The number of nitriles is 1. The number of rotatable bonds is 6. The fourth-order valence-corrected chi connectivity index (χ4v) is 5.81. The Hall–Kier alpha value is -3.58. The van der Waals surface area contributed by atoms with Gasteiger partial charge in [0.25, 0.3) is 5.91 Å². The molecule has 220 valence electrons. The van der Waals surface area contributed by atoms with Crippen LogP contribution in [0.5, 0.6) is 0 Å². The molecule has 0 bridgehead atoms. The van der Waals surface area contributed by atoms with E-state index in [1.807, 2.05) is 25.2 Å². The lowest BCUT2D eigenvalue weighted by molar-refractivity contribution is -0.129. The zero-order valence-corrected chi connectivity index (χ0v) is 24.3. The van der Waals surface area contributed by atoms with Crippen molar-refractivity contribution in [2.75, 3.05) is 11.4 Å². The maximum Gasteiger partial charge on any atom is 0.251 e. The Labute approximate surface area is 240 Å². The number of carbonyl (C=O) groups excluding carboxylic acids is 2. The number of anilines is 1. The van der Waals surface area contributed by atoms with Gasteiger partial charge in [0.15, 0.2) is 6.19 Å². The van der Waals surface area contributed by atoms with Crippen molar-refractivity contribution in [3.05, 3.63) is 58.9 Å². The number of pyridine rings is 1. The third kappa shape index (κ3) is 6.67. The van der Waals surface area contributed by atoms with E-state index in [2.05, 4.69) is 31.1 Å². The third-order valence-electron chi connectivity index (χ3n) is 8.19. The second-order valence-corrected chi connectivity index (χ2v) is 12.3. The van der Waals surface area contributed by atoms with Gasteiger partial charge in [-0.15, -0.1) is 0 Å². The quantitative estimate of drug-likeness (QED) is 0.491. The summed E-state index contributed by atoms with van der Waals surface area (Å²) in [5.74, 6) is -3.77. The number of nitrogens with zero attached hydrogens (tertiary/aromatic N) is 4. The van der Waals surface area contributed by atoms with Crippen LogP contribution < -0.4 is 10.2 Å². The number of carbonyl (C=O) groups is 2. The van der Waals surface area contributed by atoms with Crippen LogP contribution in [0.3, 0.4) is 0 Å². The van der Waals surface area contributed by atoms with E-state index in [1.54, 1.807) is 31.3 Å². The molecule has 1 aromatic heterocycles. The zero-order valence-electron chi connectivity index (χ0n) is 24.3. The smallest absolute Gasteiger partial charge is 0.251 e. The van der Waals surface area contributed by atoms with Gasteiger partial charge in [-0.25, -0.2) is 8.78 Å². The van der Waals surface area contributed by atoms with Gasteiger partial charge in [0.05, 0.1) is 12.6 Å². The van der Waals surface area contributed by atoms with Gasteiger partial charge in [-0.05, 0) is 61.4 Å². The number of nitrogens with one attached hydrogen (secondary N) is 1. The molecule has 8 nitrogen and oxygen atoms in total. The van der Waals surface area contributed by atoms with Crippen LogP contribution in [-0.2, 0) is 15.0 Å². The summed E-state index contributed by atoms with van der Waals surface area (Å²) < 4.78 is 27.7. The minimum absolute atomic E-state index is 0.0157. The molecular weight excluding hydrogens is 528 g/mol. The highest BCUT2D eigenvalue weighted by atomic mass is 19.3. The fourth-order valence-electron chi connectivity index (χ4n) is 5.81. The summed E-state index contributed by atoms with van der Waals surface area (Å²) in [6, 6.07) is 6.51. The first-order valence-electron chi connectivity index (χ1n) is 14.1. The van der Waals surface area contributed by atoms with Crippen molar-refractivity contribution in [1.29, 1.82) is 5.26 Å². The predicted molar refractivity (Wildman–Crippen MR) is 151 cm³/mol. The van der Waals surface area contributed by atoms with Crippen molar-refractivity contribution < 1.29 is 23.5 Å². The van der Waals surface area contributed by atoms with E-state index in [9.17, 15) is 28.7 Å². The van der Waals surface area contributed by atoms with Crippen LogP contribution in [0.15, 0.2) is 36.5 Å². The molecule has 41 heavy (non-hydrogen) atoms. The molecular formula is C31H39F2N5O3. The van der Waals surface area contributed by atoms with Gasteiger partial charge in [-0.1, -0.05) is 32.9 Å². The molecule has 0 spiro atoms. The Morgan fingerprint density at radius 3 is 2.37 bits per heavy atom. The third-order valence-corrected chi connectivity index (χ3v) is 8.19. The number of hydrogen-bond acceptors (Lipinski definition) is 6. The predicted octanol–water partition coefficient (Wildman–Crippen LogP) is 4.68. The average molecular weight is 568 g/mol. The first-order valence-corrected chi connectivity index (χ1v) is 14.1. The number of aliphatic hydroxyl groups is 1. The Morgan fingerprint density at radius 1 is 1.17 bits per heavy atom. The first-order chi connectivity index (χ1) is 19.2. The molecule has 1 aliphatic carbocycles. The van der Waals surface area contributed by atoms with Crippen LogP contribution in [0.2, 0.25) is 0 Å². The zero-order chi connectivity index (χ0) is 30.1. The lowest BCUT2D eigenvalue weighted by Gasteiger charge is -2.37. The van der Waals surface area contributed by atoms with Crippen molar-refractivity contribution in [3.63, 3.8) is 0 Å². The maximum atomic E-state index is 14.4. The maximum absolute atomic E-state index is 14.4. The number of aromatic nitrogens is 1. The van der Waals surface area contributed by atoms with E-state index >= 15 is 0 Å². The van der Waals surface area contributed by atoms with Crippen molar-refractivity contribution in [2.45, 2.75) is 102 Å². The summed E-state index contributed by atoms with van der Waals surface area (Å²) in [5, 5.41) is 23.0. The molecule has 2 amide bonds. The molecule has 3 unspecified atom stereocenters. The molecule has 1 saturated heterocycles. The number of benzene rings is 1. The molecule has 2 aromatic rings. The van der Waals surface area contributed by atoms with Gasteiger partial charge >= 0.3 is 0 Å². The van der Waals surface area contributed by atoms with Gasteiger partial charge in [-0.3, -0.25) is 24.4 Å². The number of alkyl halides is 2. The molecule has 4 rings (SSSR count). The Kier molecular flexibility index (Phi) is 8.69. The Balaban J connectivity index is 1.83. The second-order valence-electron chi connectivity index (χ2n) is 12.3. The lowest BCUT2D eigenvalue weighted by Crippen LogP contribution is -2.52. The molecule has 1 aromatic carbocycles. The minimum Gasteiger partial charge on any atom is -0.391 e. The molecule has 3 atom stereocenters. The van der Waals surface area contributed by atoms with Crippen molar-refractivity contribution in [2.24, 2.45) is 0 Å². The Morgan fingerprint density at radius 2 is 1.80 bits per heavy atom. The number of aryl methyl sites for hydroxylation is 2. The normalized spacial score (nSPS) is 21.7. The number of hydrogen-bond donors (Lipinski definition) is 2. The highest BCUT2D eigenvalue weighted by molar-refractivity contribution is 6.04. The summed E-state index contributed by atoms with van der Waals surface area (Å²) in [4.78, 5) is 35.6. The van der Waals surface area contributed by atoms with Crippen LogP contribution >= 0.6 is 0 Å². The van der Waals surface area contributed by atoms with Crippen molar-refractivity contribution in [3.8, 4) is 6.19 Å². The van der Waals surface area contributed by atoms with Crippen LogP contribution in [0.1, 0.15) is 81.3 Å². The highest BCUT2D eigenvalue weighted by Crippen LogP contribution is 2.37. The van der Waals surface area contributed by atoms with Crippen molar-refractivity contribution >= 4 is 17.5 Å². The second kappa shape index (κ2) is 11.7. The number of aliphatic hydroxyl groups excluding tert-OH is 1. The summed E-state index contributed by atoms with van der Waals surface area (Å²) in [7, 11) is 0.